The average Bonchev–Trinajstić information content (AvgIpc) is 3.12. The number of H-pyrrole nitrogens is 1. The van der Waals surface area contributed by atoms with Crippen molar-refractivity contribution in [1.82, 2.24) is 14.6 Å². The monoisotopic (exact) mass is 569 g/mol. The number of nitrogens with zero attached hydrogens (tertiary/aromatic N) is 1. The van der Waals surface area contributed by atoms with Gasteiger partial charge in [0, 0.05) is 12.3 Å². The standard InChI is InChI=1S/C25H33FN3O9P/c1-16(22(32)36-17-9-5-3-6-10-17)28-39(34,38-18-11-7-4-8-12-18)35-15-19-21(31)25(2,26)23(37-19)29-14-13-20(30)27-24(29)33/h4,7-8,11-14,16-17,19,21,23,31H,3,5-6,9-10,15H2,1-2H3,(H,28,34)(H,27,30,33)/t16-,19+,21+,23?,25+,39?/m0/s1. The highest BCUT2D eigenvalue weighted by molar-refractivity contribution is 7.52. The molecule has 2 aliphatic rings. The van der Waals surface area contributed by atoms with Gasteiger partial charge in [0.1, 0.15) is 30.1 Å². The number of alkyl halides is 1. The molecular formula is C25H33FN3O9P. The Morgan fingerprint density at radius 2 is 1.95 bits per heavy atom. The van der Waals surface area contributed by atoms with Crippen LogP contribution in [0.25, 0.3) is 0 Å². The van der Waals surface area contributed by atoms with Gasteiger partial charge in [0.15, 0.2) is 11.9 Å². The van der Waals surface area contributed by atoms with Crippen molar-refractivity contribution in [1.29, 1.82) is 0 Å². The highest BCUT2D eigenvalue weighted by Gasteiger charge is 2.56. The third kappa shape index (κ3) is 7.03. The van der Waals surface area contributed by atoms with Crippen LogP contribution in [0.2, 0.25) is 0 Å². The summed E-state index contributed by atoms with van der Waals surface area (Å²) in [7, 11) is -4.31. The van der Waals surface area contributed by atoms with E-state index >= 15 is 4.39 Å². The number of aliphatic hydroxyl groups excluding tert-OH is 1. The number of hydrogen-bond donors (Lipinski definition) is 3. The smallest absolute Gasteiger partial charge is 0.459 e. The molecule has 14 heteroatoms. The van der Waals surface area contributed by atoms with Gasteiger partial charge in [-0.25, -0.2) is 13.8 Å². The molecule has 6 atom stereocenters. The number of rotatable bonds is 10. The Bertz CT molecular complexity index is 1300. The van der Waals surface area contributed by atoms with Crippen molar-refractivity contribution in [2.45, 2.75) is 82.2 Å². The molecule has 39 heavy (non-hydrogen) atoms. The zero-order valence-electron chi connectivity index (χ0n) is 21.7. The molecule has 0 amide bonds. The van der Waals surface area contributed by atoms with Crippen LogP contribution in [0, 0.1) is 0 Å². The van der Waals surface area contributed by atoms with Crippen LogP contribution in [0.5, 0.6) is 5.75 Å². The van der Waals surface area contributed by atoms with Gasteiger partial charge in [-0.1, -0.05) is 24.6 Å². The highest BCUT2D eigenvalue weighted by atomic mass is 31.2. The summed E-state index contributed by atoms with van der Waals surface area (Å²) in [5, 5.41) is 13.2. The first kappa shape index (κ1) is 29.2. The van der Waals surface area contributed by atoms with E-state index in [1.54, 1.807) is 18.2 Å². The fourth-order valence-corrected chi connectivity index (χ4v) is 6.09. The summed E-state index contributed by atoms with van der Waals surface area (Å²) in [5.74, 6) is -0.463. The third-order valence-electron chi connectivity index (χ3n) is 6.74. The van der Waals surface area contributed by atoms with Crippen LogP contribution in [0.4, 0.5) is 4.39 Å². The Hall–Kier alpha value is -2.83. The molecule has 3 N–H and O–H groups in total. The van der Waals surface area contributed by atoms with Gasteiger partial charge in [-0.15, -0.1) is 0 Å². The van der Waals surface area contributed by atoms with E-state index in [2.05, 4.69) is 5.09 Å². The van der Waals surface area contributed by atoms with E-state index in [0.29, 0.717) is 0 Å². The fraction of sp³-hybridized carbons (Fsp3) is 0.560. The van der Waals surface area contributed by atoms with E-state index in [9.17, 15) is 24.1 Å². The van der Waals surface area contributed by atoms with Gasteiger partial charge in [0.05, 0.1) is 6.61 Å². The largest absolute Gasteiger partial charge is 0.461 e. The Balaban J connectivity index is 1.48. The molecule has 1 aliphatic carbocycles. The van der Waals surface area contributed by atoms with Gasteiger partial charge in [0.2, 0.25) is 0 Å². The van der Waals surface area contributed by atoms with Crippen LogP contribution < -0.4 is 20.9 Å². The Kier molecular flexibility index (Phi) is 9.07. The zero-order chi connectivity index (χ0) is 28.2. The number of halogens is 1. The maximum atomic E-state index is 15.5. The number of aliphatic hydroxyl groups is 1. The maximum absolute atomic E-state index is 15.5. The van der Waals surface area contributed by atoms with Gasteiger partial charge in [-0.3, -0.25) is 23.7 Å². The molecule has 4 rings (SSSR count). The van der Waals surface area contributed by atoms with E-state index in [1.165, 1.54) is 19.1 Å². The number of nitrogens with one attached hydrogen (secondary N) is 2. The highest BCUT2D eigenvalue weighted by Crippen LogP contribution is 2.47. The second-order valence-corrected chi connectivity index (χ2v) is 11.6. The van der Waals surface area contributed by atoms with Crippen LogP contribution >= 0.6 is 7.75 Å². The molecule has 2 fully saturated rings. The number of aromatic amines is 1. The molecule has 0 radical (unpaired) electrons. The number of benzene rings is 1. The molecule has 0 bridgehead atoms. The quantitative estimate of drug-likeness (QED) is 0.287. The Morgan fingerprint density at radius 3 is 2.62 bits per heavy atom. The number of carbonyl (C=O) groups is 1. The maximum Gasteiger partial charge on any atom is 0.459 e. The van der Waals surface area contributed by atoms with Crippen molar-refractivity contribution in [3.05, 3.63) is 63.4 Å². The molecule has 12 nitrogen and oxygen atoms in total. The zero-order valence-corrected chi connectivity index (χ0v) is 22.6. The van der Waals surface area contributed by atoms with Crippen molar-refractivity contribution in [3.8, 4) is 5.75 Å². The molecule has 1 saturated carbocycles. The Morgan fingerprint density at radius 1 is 1.26 bits per heavy atom. The van der Waals surface area contributed by atoms with Gasteiger partial charge < -0.3 is 19.1 Å². The third-order valence-corrected chi connectivity index (χ3v) is 8.38. The van der Waals surface area contributed by atoms with Crippen molar-refractivity contribution >= 4 is 13.7 Å². The van der Waals surface area contributed by atoms with Crippen molar-refractivity contribution in [3.63, 3.8) is 0 Å². The first-order chi connectivity index (χ1) is 18.5. The van der Waals surface area contributed by atoms with Crippen LogP contribution in [0.1, 0.15) is 52.2 Å². The lowest BCUT2D eigenvalue weighted by Gasteiger charge is -2.27. The molecule has 1 aromatic heterocycles. The molecular weight excluding hydrogens is 536 g/mol. The minimum absolute atomic E-state index is 0.169. The lowest BCUT2D eigenvalue weighted by atomic mass is 9.98. The number of carbonyl (C=O) groups excluding carboxylic acids is 1. The molecule has 2 aromatic rings. The number of esters is 1. The van der Waals surface area contributed by atoms with Gasteiger partial charge in [-0.05, 0) is 51.7 Å². The van der Waals surface area contributed by atoms with E-state index < -0.39 is 61.7 Å². The molecule has 1 aromatic carbocycles. The Labute approximate surface area is 224 Å². The molecule has 214 valence electrons. The SMILES string of the molecule is C[C@H](NP(=O)(OC[C@H]1OC(n2ccc(=O)[nH]c2=O)[C@](C)(F)[C@@H]1O)Oc1ccccc1)C(=O)OC1CCCCC1. The van der Waals surface area contributed by atoms with Gasteiger partial charge in [-0.2, -0.15) is 5.09 Å². The second kappa shape index (κ2) is 12.1. The number of aromatic nitrogens is 2. The van der Waals surface area contributed by atoms with Crippen LogP contribution in [-0.4, -0.2) is 57.3 Å². The van der Waals surface area contributed by atoms with Gasteiger partial charge >= 0.3 is 19.4 Å². The summed E-state index contributed by atoms with van der Waals surface area (Å²) in [5.41, 5.74) is -4.10. The van der Waals surface area contributed by atoms with Crippen molar-refractivity contribution < 1.29 is 37.4 Å². The average molecular weight is 570 g/mol. The second-order valence-electron chi connectivity index (χ2n) is 9.89. The number of ether oxygens (including phenoxy) is 2. The normalized spacial score (nSPS) is 27.9. The van der Waals surface area contributed by atoms with Crippen molar-refractivity contribution in [2.75, 3.05) is 6.61 Å². The lowest BCUT2D eigenvalue weighted by Crippen LogP contribution is -2.44. The van der Waals surface area contributed by atoms with Gasteiger partial charge in [0.25, 0.3) is 5.56 Å². The van der Waals surface area contributed by atoms with E-state index in [1.807, 2.05) is 4.98 Å². The van der Waals surface area contributed by atoms with Crippen molar-refractivity contribution in [2.24, 2.45) is 0 Å². The molecule has 2 heterocycles. The summed E-state index contributed by atoms with van der Waals surface area (Å²) >= 11 is 0. The summed E-state index contributed by atoms with van der Waals surface area (Å²) in [6.07, 6.45) is 0.537. The van der Waals surface area contributed by atoms with E-state index in [-0.39, 0.29) is 11.9 Å². The fourth-order valence-electron chi connectivity index (χ4n) is 4.58. The van der Waals surface area contributed by atoms with Crippen LogP contribution in [0.15, 0.2) is 52.2 Å². The first-order valence-electron chi connectivity index (χ1n) is 12.8. The molecule has 2 unspecified atom stereocenters. The molecule has 0 spiro atoms. The van der Waals surface area contributed by atoms with Crippen LogP contribution in [0.3, 0.4) is 0 Å². The summed E-state index contributed by atoms with van der Waals surface area (Å²) in [4.78, 5) is 38.3. The predicted molar refractivity (Wildman–Crippen MR) is 137 cm³/mol. The van der Waals surface area contributed by atoms with E-state index in [0.717, 1.165) is 55.9 Å². The topological polar surface area (TPSA) is 158 Å². The van der Waals surface area contributed by atoms with E-state index in [4.69, 9.17) is 18.5 Å². The molecule has 1 aliphatic heterocycles. The lowest BCUT2D eigenvalue weighted by molar-refractivity contribution is -0.152. The summed E-state index contributed by atoms with van der Waals surface area (Å²) in [6.45, 7) is 1.85. The van der Waals surface area contributed by atoms with Crippen LogP contribution in [-0.2, 0) is 23.4 Å². The summed E-state index contributed by atoms with van der Waals surface area (Å²) < 4.78 is 52.4. The minimum Gasteiger partial charge on any atom is -0.461 e. The number of para-hydroxylation sites is 1. The number of hydrogen-bond acceptors (Lipinski definition) is 9. The minimum atomic E-state index is -4.31. The summed E-state index contributed by atoms with van der Waals surface area (Å²) in [6, 6.07) is 7.99. The molecule has 1 saturated heterocycles. The predicted octanol–water partition coefficient (Wildman–Crippen LogP) is 2.58. The first-order valence-corrected chi connectivity index (χ1v) is 14.3.